The molecule has 1 heterocycles. The summed E-state index contributed by atoms with van der Waals surface area (Å²) in [6.07, 6.45) is 2.30. The number of hydrazone groups is 1. The van der Waals surface area contributed by atoms with Gasteiger partial charge < -0.3 is 9.15 Å². The minimum absolute atomic E-state index is 0.207. The quantitative estimate of drug-likeness (QED) is 0.654. The fourth-order valence-corrected chi connectivity index (χ4v) is 1.84. The number of nitrogens with one attached hydrogen (secondary N) is 1. The lowest BCUT2D eigenvalue weighted by Gasteiger charge is -2.00. The van der Waals surface area contributed by atoms with Crippen molar-refractivity contribution >= 4 is 12.1 Å². The minimum atomic E-state index is 0.207. The first kappa shape index (κ1) is 15.6. The third kappa shape index (κ3) is 4.09. The van der Waals surface area contributed by atoms with Crippen molar-refractivity contribution in [1.82, 2.24) is 4.98 Å². The van der Waals surface area contributed by atoms with E-state index in [9.17, 15) is 0 Å². The molecule has 0 radical (unpaired) electrons. The SMILES string of the molecule is COc1cccc(C=NNc2oc(CC(C)C)nc2C#N)c1. The molecule has 1 aromatic heterocycles. The van der Waals surface area contributed by atoms with Crippen LogP contribution in [0.2, 0.25) is 0 Å². The topological polar surface area (TPSA) is 83.4 Å². The highest BCUT2D eigenvalue weighted by molar-refractivity contribution is 5.80. The molecule has 22 heavy (non-hydrogen) atoms. The summed E-state index contributed by atoms with van der Waals surface area (Å²) in [4.78, 5) is 4.14. The van der Waals surface area contributed by atoms with Gasteiger partial charge in [-0.1, -0.05) is 26.0 Å². The zero-order valence-corrected chi connectivity index (χ0v) is 12.8. The van der Waals surface area contributed by atoms with Crippen molar-refractivity contribution in [2.24, 2.45) is 11.0 Å². The number of methoxy groups -OCH3 is 1. The summed E-state index contributed by atoms with van der Waals surface area (Å²) in [7, 11) is 1.61. The van der Waals surface area contributed by atoms with Crippen molar-refractivity contribution in [1.29, 1.82) is 5.26 Å². The first-order valence-corrected chi connectivity index (χ1v) is 6.95. The number of anilines is 1. The molecule has 0 aliphatic heterocycles. The molecule has 114 valence electrons. The van der Waals surface area contributed by atoms with Crippen molar-refractivity contribution < 1.29 is 9.15 Å². The van der Waals surface area contributed by atoms with Gasteiger partial charge in [-0.25, -0.2) is 10.4 Å². The Hall–Kier alpha value is -2.81. The van der Waals surface area contributed by atoms with Crippen molar-refractivity contribution in [3.63, 3.8) is 0 Å². The van der Waals surface area contributed by atoms with Crippen LogP contribution in [0.4, 0.5) is 5.88 Å². The Morgan fingerprint density at radius 2 is 2.32 bits per heavy atom. The average molecular weight is 298 g/mol. The molecule has 0 spiro atoms. The average Bonchev–Trinajstić information content (AvgIpc) is 2.88. The summed E-state index contributed by atoms with van der Waals surface area (Å²) in [5.41, 5.74) is 3.80. The number of nitrogens with zero attached hydrogens (tertiary/aromatic N) is 3. The first-order valence-electron chi connectivity index (χ1n) is 6.95. The number of ether oxygens (including phenoxy) is 1. The zero-order valence-electron chi connectivity index (χ0n) is 12.8. The molecule has 2 rings (SSSR count). The molecule has 0 saturated carbocycles. The Kier molecular flexibility index (Phi) is 5.15. The molecule has 0 aliphatic carbocycles. The predicted octanol–water partition coefficient (Wildman–Crippen LogP) is 3.20. The van der Waals surface area contributed by atoms with Gasteiger partial charge in [0.15, 0.2) is 5.89 Å². The van der Waals surface area contributed by atoms with Gasteiger partial charge in [0.1, 0.15) is 11.8 Å². The Morgan fingerprint density at radius 1 is 1.50 bits per heavy atom. The second kappa shape index (κ2) is 7.27. The first-order chi connectivity index (χ1) is 10.6. The molecule has 1 N–H and O–H groups in total. The van der Waals surface area contributed by atoms with Gasteiger partial charge in [0, 0.05) is 6.42 Å². The third-order valence-electron chi connectivity index (χ3n) is 2.83. The number of oxazole rings is 1. The van der Waals surface area contributed by atoms with Crippen molar-refractivity contribution in [3.05, 3.63) is 41.4 Å². The van der Waals surface area contributed by atoms with Crippen LogP contribution >= 0.6 is 0 Å². The maximum atomic E-state index is 9.07. The third-order valence-corrected chi connectivity index (χ3v) is 2.83. The molecule has 0 fully saturated rings. The van der Waals surface area contributed by atoms with Crippen LogP contribution in [0.1, 0.15) is 31.0 Å². The Labute approximate surface area is 129 Å². The van der Waals surface area contributed by atoms with Gasteiger partial charge in [-0.3, -0.25) is 0 Å². The van der Waals surface area contributed by atoms with Crippen LogP contribution in [0.25, 0.3) is 0 Å². The Balaban J connectivity index is 2.08. The van der Waals surface area contributed by atoms with E-state index in [0.717, 1.165) is 11.3 Å². The smallest absolute Gasteiger partial charge is 0.252 e. The second-order valence-corrected chi connectivity index (χ2v) is 5.14. The van der Waals surface area contributed by atoms with Gasteiger partial charge in [0.2, 0.25) is 5.69 Å². The maximum Gasteiger partial charge on any atom is 0.252 e. The second-order valence-electron chi connectivity index (χ2n) is 5.14. The van der Waals surface area contributed by atoms with Gasteiger partial charge in [-0.2, -0.15) is 10.4 Å². The van der Waals surface area contributed by atoms with E-state index in [0.29, 0.717) is 18.2 Å². The number of hydrogen-bond acceptors (Lipinski definition) is 6. The summed E-state index contributed by atoms with van der Waals surface area (Å²) in [5, 5.41) is 13.1. The van der Waals surface area contributed by atoms with Crippen LogP contribution in [0.15, 0.2) is 33.8 Å². The number of aromatic nitrogens is 1. The monoisotopic (exact) mass is 298 g/mol. The number of benzene rings is 1. The molecule has 2 aromatic rings. The van der Waals surface area contributed by atoms with Gasteiger partial charge in [-0.05, 0) is 23.6 Å². The summed E-state index contributed by atoms with van der Waals surface area (Å²) < 4.78 is 10.7. The van der Waals surface area contributed by atoms with Gasteiger partial charge in [0.05, 0.1) is 13.3 Å². The summed E-state index contributed by atoms with van der Waals surface area (Å²) in [6, 6.07) is 9.46. The lowest BCUT2D eigenvalue weighted by molar-refractivity contribution is 0.415. The lowest BCUT2D eigenvalue weighted by atomic mass is 10.1. The van der Waals surface area contributed by atoms with Crippen LogP contribution in [-0.4, -0.2) is 18.3 Å². The number of hydrogen-bond donors (Lipinski definition) is 1. The van der Waals surface area contributed by atoms with E-state index in [-0.39, 0.29) is 11.6 Å². The lowest BCUT2D eigenvalue weighted by Crippen LogP contribution is -1.93. The van der Waals surface area contributed by atoms with E-state index >= 15 is 0 Å². The standard InChI is InChI=1S/C16H18N4O2/c1-11(2)7-15-19-14(9-17)16(22-15)20-18-10-12-5-4-6-13(8-12)21-3/h4-6,8,10-11,20H,7H2,1-3H3. The van der Waals surface area contributed by atoms with Crippen molar-refractivity contribution in [2.75, 3.05) is 12.5 Å². The maximum absolute atomic E-state index is 9.07. The van der Waals surface area contributed by atoms with Crippen molar-refractivity contribution in [2.45, 2.75) is 20.3 Å². The van der Waals surface area contributed by atoms with Crippen LogP contribution < -0.4 is 10.2 Å². The highest BCUT2D eigenvalue weighted by Crippen LogP contribution is 2.19. The molecular formula is C16H18N4O2. The Bertz CT molecular complexity index is 698. The van der Waals surface area contributed by atoms with E-state index in [1.165, 1.54) is 0 Å². The predicted molar refractivity (Wildman–Crippen MR) is 84.0 cm³/mol. The summed E-state index contributed by atoms with van der Waals surface area (Å²) >= 11 is 0. The summed E-state index contributed by atoms with van der Waals surface area (Å²) in [6.45, 7) is 4.12. The summed E-state index contributed by atoms with van der Waals surface area (Å²) in [5.74, 6) is 1.95. The molecule has 0 saturated heterocycles. The molecule has 0 bridgehead atoms. The van der Waals surface area contributed by atoms with Gasteiger partial charge in [-0.15, -0.1) is 0 Å². The molecule has 0 unspecified atom stereocenters. The fourth-order valence-electron chi connectivity index (χ4n) is 1.84. The van der Waals surface area contributed by atoms with E-state index in [1.807, 2.05) is 30.3 Å². The molecule has 1 aromatic carbocycles. The molecule has 0 amide bonds. The van der Waals surface area contributed by atoms with E-state index in [1.54, 1.807) is 13.3 Å². The molecule has 0 atom stereocenters. The van der Waals surface area contributed by atoms with Crippen LogP contribution in [0, 0.1) is 17.2 Å². The normalized spacial score (nSPS) is 10.9. The van der Waals surface area contributed by atoms with Gasteiger partial charge >= 0.3 is 0 Å². The van der Waals surface area contributed by atoms with E-state index in [2.05, 4.69) is 29.4 Å². The minimum Gasteiger partial charge on any atom is -0.497 e. The highest BCUT2D eigenvalue weighted by atomic mass is 16.5. The molecule has 6 heteroatoms. The molecule has 6 nitrogen and oxygen atoms in total. The fraction of sp³-hybridized carbons (Fsp3) is 0.312. The van der Waals surface area contributed by atoms with Gasteiger partial charge in [0.25, 0.3) is 5.88 Å². The molecule has 0 aliphatic rings. The Morgan fingerprint density at radius 3 is 3.00 bits per heavy atom. The highest BCUT2D eigenvalue weighted by Gasteiger charge is 2.13. The van der Waals surface area contributed by atoms with Crippen LogP contribution in [0.3, 0.4) is 0 Å². The zero-order chi connectivity index (χ0) is 15.9. The number of rotatable bonds is 6. The van der Waals surface area contributed by atoms with Crippen LogP contribution in [-0.2, 0) is 6.42 Å². The largest absolute Gasteiger partial charge is 0.497 e. The van der Waals surface area contributed by atoms with E-state index < -0.39 is 0 Å². The van der Waals surface area contributed by atoms with Crippen LogP contribution in [0.5, 0.6) is 5.75 Å². The molecular weight excluding hydrogens is 280 g/mol. The van der Waals surface area contributed by atoms with E-state index in [4.69, 9.17) is 14.4 Å². The van der Waals surface area contributed by atoms with Crippen molar-refractivity contribution in [3.8, 4) is 11.8 Å². The number of nitriles is 1.